The number of esters is 1. The molecule has 1 aromatic carbocycles. The minimum atomic E-state index is -4.64. The number of carbonyl (C=O) groups excluding carboxylic acids is 5. The molecule has 2 fully saturated rings. The number of amides is 5. The van der Waals surface area contributed by atoms with E-state index >= 15 is 0 Å². The van der Waals surface area contributed by atoms with Crippen LogP contribution in [0.15, 0.2) is 12.1 Å². The minimum Gasteiger partial charge on any atom is -0.427 e. The van der Waals surface area contributed by atoms with Crippen molar-refractivity contribution in [3.8, 4) is 0 Å². The topological polar surface area (TPSA) is 122 Å². The van der Waals surface area contributed by atoms with Crippen molar-refractivity contribution in [2.75, 3.05) is 6.79 Å². The molecule has 39 heavy (non-hydrogen) atoms. The third-order valence-electron chi connectivity index (χ3n) is 6.96. The van der Waals surface area contributed by atoms with Crippen LogP contribution in [0.1, 0.15) is 63.1 Å². The number of nitrogens with one attached hydrogen (secondary N) is 1. The predicted octanol–water partition coefficient (Wildman–Crippen LogP) is 4.37. The van der Waals surface area contributed by atoms with Crippen molar-refractivity contribution >= 4 is 41.5 Å². The first-order valence-corrected chi connectivity index (χ1v) is 12.6. The largest absolute Gasteiger partial charge is 0.427 e. The summed E-state index contributed by atoms with van der Waals surface area (Å²) in [6.45, 7) is 3.97. The van der Waals surface area contributed by atoms with Crippen LogP contribution in [0.2, 0.25) is 5.02 Å². The molecule has 1 aliphatic carbocycles. The van der Waals surface area contributed by atoms with Crippen LogP contribution >= 0.6 is 11.6 Å². The van der Waals surface area contributed by atoms with Gasteiger partial charge in [-0.25, -0.2) is 9.59 Å². The zero-order chi connectivity index (χ0) is 28.9. The number of halogens is 4. The molecular weight excluding hydrogens is 547 g/mol. The maximum atomic E-state index is 13.3. The molecule has 1 saturated heterocycles. The normalized spacial score (nSPS) is 21.1. The highest BCUT2D eigenvalue weighted by Crippen LogP contribution is 2.46. The zero-order valence-electron chi connectivity index (χ0n) is 21.4. The van der Waals surface area contributed by atoms with Gasteiger partial charge < -0.3 is 19.7 Å². The van der Waals surface area contributed by atoms with Gasteiger partial charge in [0.15, 0.2) is 0 Å². The Kier molecular flexibility index (Phi) is 7.34. The molecule has 212 valence electrons. The summed E-state index contributed by atoms with van der Waals surface area (Å²) in [5.74, 6) is -2.27. The van der Waals surface area contributed by atoms with E-state index in [1.54, 1.807) is 20.8 Å². The molecule has 3 aliphatic rings. The quantitative estimate of drug-likeness (QED) is 0.305. The second kappa shape index (κ2) is 10.00. The van der Waals surface area contributed by atoms with E-state index in [2.05, 4.69) is 5.32 Å². The van der Waals surface area contributed by atoms with Crippen molar-refractivity contribution in [1.29, 1.82) is 0 Å². The van der Waals surface area contributed by atoms with Crippen LogP contribution in [0.5, 0.6) is 0 Å². The second-order valence-electron chi connectivity index (χ2n) is 10.9. The highest BCUT2D eigenvalue weighted by atomic mass is 35.5. The molecule has 14 heteroatoms. The lowest BCUT2D eigenvalue weighted by Crippen LogP contribution is -2.50. The standard InChI is InChI=1S/C25H27ClF3N3O7/c1-23(2,3)20(35)38-12-39-22(37)32-19(34)24(15-4-5-15,30-21(32)36)7-6-18(33)31-10-13-8-16(25(27,28)29)17(26)9-14(13)11-31/h8-9,15H,4-7,10-12H2,1-3H3,(H,30,36)/t24-/m0/s1. The maximum Gasteiger partial charge on any atom is 0.427 e. The summed E-state index contributed by atoms with van der Waals surface area (Å²) in [5, 5.41) is 2.09. The monoisotopic (exact) mass is 573 g/mol. The van der Waals surface area contributed by atoms with E-state index < -0.39 is 64.4 Å². The Hall–Kier alpha value is -3.35. The number of urea groups is 1. The molecule has 10 nitrogen and oxygen atoms in total. The van der Waals surface area contributed by atoms with Crippen molar-refractivity contribution in [3.05, 3.63) is 33.8 Å². The number of ether oxygens (including phenoxy) is 2. The van der Waals surface area contributed by atoms with E-state index in [1.807, 2.05) is 0 Å². The third kappa shape index (κ3) is 5.68. The van der Waals surface area contributed by atoms with Crippen molar-refractivity contribution in [3.63, 3.8) is 0 Å². The lowest BCUT2D eigenvalue weighted by Gasteiger charge is -2.27. The highest BCUT2D eigenvalue weighted by molar-refractivity contribution is 6.31. The van der Waals surface area contributed by atoms with Crippen molar-refractivity contribution in [2.45, 2.75) is 71.3 Å². The van der Waals surface area contributed by atoms with Crippen LogP contribution in [-0.2, 0) is 43.1 Å². The Morgan fingerprint density at radius 2 is 1.69 bits per heavy atom. The van der Waals surface area contributed by atoms with E-state index in [0.717, 1.165) is 6.07 Å². The number of nitrogens with zero attached hydrogens (tertiary/aromatic N) is 2. The average molecular weight is 574 g/mol. The average Bonchev–Trinajstić information content (AvgIpc) is 3.54. The molecule has 0 unspecified atom stereocenters. The summed E-state index contributed by atoms with van der Waals surface area (Å²) < 4.78 is 49.3. The summed E-state index contributed by atoms with van der Waals surface area (Å²) >= 11 is 5.80. The van der Waals surface area contributed by atoms with Gasteiger partial charge in [-0.2, -0.15) is 18.1 Å². The Balaban J connectivity index is 1.39. The lowest BCUT2D eigenvalue weighted by atomic mass is 9.87. The summed E-state index contributed by atoms with van der Waals surface area (Å²) in [4.78, 5) is 64.9. The molecule has 4 rings (SSSR count). The maximum absolute atomic E-state index is 13.3. The Morgan fingerprint density at radius 1 is 1.08 bits per heavy atom. The fourth-order valence-corrected chi connectivity index (χ4v) is 4.97. The number of carbonyl (C=O) groups is 5. The first kappa shape index (κ1) is 28.7. The van der Waals surface area contributed by atoms with Gasteiger partial charge in [0, 0.05) is 19.5 Å². The Morgan fingerprint density at radius 3 is 2.26 bits per heavy atom. The second-order valence-corrected chi connectivity index (χ2v) is 11.3. The molecule has 5 amide bonds. The third-order valence-corrected chi connectivity index (χ3v) is 7.28. The van der Waals surface area contributed by atoms with Crippen LogP contribution in [0, 0.1) is 11.3 Å². The van der Waals surface area contributed by atoms with Gasteiger partial charge in [0.1, 0.15) is 5.54 Å². The van der Waals surface area contributed by atoms with E-state index in [1.165, 1.54) is 11.0 Å². The van der Waals surface area contributed by atoms with Crippen LogP contribution < -0.4 is 5.32 Å². The van der Waals surface area contributed by atoms with Gasteiger partial charge in [0.2, 0.25) is 12.7 Å². The van der Waals surface area contributed by atoms with E-state index in [0.29, 0.717) is 28.9 Å². The van der Waals surface area contributed by atoms with Crippen molar-refractivity contribution < 1.29 is 46.6 Å². The van der Waals surface area contributed by atoms with Gasteiger partial charge in [-0.15, -0.1) is 0 Å². The van der Waals surface area contributed by atoms with Crippen LogP contribution in [0.3, 0.4) is 0 Å². The molecule has 1 saturated carbocycles. The molecular formula is C25H27ClF3N3O7. The highest BCUT2D eigenvalue weighted by Gasteiger charge is 2.61. The van der Waals surface area contributed by atoms with Crippen LogP contribution in [0.4, 0.5) is 22.8 Å². The van der Waals surface area contributed by atoms with Crippen molar-refractivity contribution in [1.82, 2.24) is 15.1 Å². The molecule has 0 spiro atoms. The number of hydrogen-bond donors (Lipinski definition) is 1. The molecule has 1 aromatic rings. The Bertz CT molecular complexity index is 1240. The van der Waals surface area contributed by atoms with E-state index in [4.69, 9.17) is 21.1 Å². The van der Waals surface area contributed by atoms with Crippen LogP contribution in [0.25, 0.3) is 0 Å². The molecule has 0 radical (unpaired) electrons. The number of alkyl halides is 3. The van der Waals surface area contributed by atoms with Gasteiger partial charge in [-0.1, -0.05) is 11.6 Å². The molecule has 2 heterocycles. The number of rotatable bonds is 6. The fourth-order valence-electron chi connectivity index (χ4n) is 4.68. The SMILES string of the molecule is CC(C)(C)C(=O)OCOC(=O)N1C(=O)N[C@@](CCC(=O)N2Cc3cc(Cl)c(C(F)(F)F)cc3C2)(C2CC2)C1=O. The van der Waals surface area contributed by atoms with E-state index in [-0.39, 0.29) is 31.8 Å². The van der Waals surface area contributed by atoms with Gasteiger partial charge in [0.05, 0.1) is 16.0 Å². The first-order chi connectivity index (χ1) is 18.0. The summed E-state index contributed by atoms with van der Waals surface area (Å²) in [5.41, 5.74) is -2.53. The number of fused-ring (bicyclic) bond motifs is 1. The molecule has 0 bridgehead atoms. The smallest absolute Gasteiger partial charge is 0.427 e. The fraction of sp³-hybridized carbons (Fsp3) is 0.560. The first-order valence-electron chi connectivity index (χ1n) is 12.2. The summed E-state index contributed by atoms with van der Waals surface area (Å²) in [7, 11) is 0. The van der Waals surface area contributed by atoms with Gasteiger partial charge >= 0.3 is 24.3 Å². The number of benzene rings is 1. The number of imide groups is 3. The van der Waals surface area contributed by atoms with Crippen molar-refractivity contribution in [2.24, 2.45) is 11.3 Å². The molecule has 1 atom stereocenters. The van der Waals surface area contributed by atoms with Gasteiger partial charge in [0.25, 0.3) is 5.91 Å². The summed E-state index contributed by atoms with van der Waals surface area (Å²) in [6.07, 6.45) is -5.11. The zero-order valence-corrected chi connectivity index (χ0v) is 22.2. The predicted molar refractivity (Wildman–Crippen MR) is 128 cm³/mol. The number of hydrogen-bond acceptors (Lipinski definition) is 7. The molecule has 0 aromatic heterocycles. The van der Waals surface area contributed by atoms with Gasteiger partial charge in [-0.05, 0) is 69.2 Å². The Labute approximate surface area is 226 Å². The van der Waals surface area contributed by atoms with Crippen LogP contribution in [-0.4, -0.2) is 52.0 Å². The minimum absolute atomic E-state index is 0.0501. The van der Waals surface area contributed by atoms with Gasteiger partial charge in [-0.3, -0.25) is 14.4 Å². The molecule has 1 N–H and O–H groups in total. The lowest BCUT2D eigenvalue weighted by molar-refractivity contribution is -0.161. The summed E-state index contributed by atoms with van der Waals surface area (Å²) in [6, 6.07) is 1.11. The van der Waals surface area contributed by atoms with E-state index in [9.17, 15) is 37.1 Å². The molecule has 2 aliphatic heterocycles.